The van der Waals surface area contributed by atoms with Gasteiger partial charge in [0.05, 0.1) is 0 Å². The Morgan fingerprint density at radius 3 is 2.59 bits per heavy atom. The van der Waals surface area contributed by atoms with Gasteiger partial charge in [-0.05, 0) is 52.4 Å². The largest absolute Gasteiger partial charge is 0.504 e. The van der Waals surface area contributed by atoms with E-state index in [0.29, 0.717) is 17.7 Å². The van der Waals surface area contributed by atoms with E-state index < -0.39 is 5.91 Å². The van der Waals surface area contributed by atoms with Crippen LogP contribution in [0.5, 0.6) is 11.5 Å². The fraction of sp³-hybridized carbons (Fsp3) is 0.154. The molecule has 0 aromatic heterocycles. The minimum Gasteiger partial charge on any atom is -0.504 e. The maximum absolute atomic E-state index is 12.5. The zero-order valence-electron chi connectivity index (χ0n) is 17.6. The number of nitrogens with one attached hydrogen (secondary N) is 1. The average molecular weight is 443 g/mol. The summed E-state index contributed by atoms with van der Waals surface area (Å²) in [6.07, 6.45) is 2.36. The molecule has 0 radical (unpaired) electrons. The number of nitriles is 1. The summed E-state index contributed by atoms with van der Waals surface area (Å²) in [5.41, 5.74) is 5.17. The predicted molar refractivity (Wildman–Crippen MR) is 126 cm³/mol. The van der Waals surface area contributed by atoms with Gasteiger partial charge in [-0.25, -0.2) is 0 Å². The van der Waals surface area contributed by atoms with Gasteiger partial charge in [-0.15, -0.1) is 11.8 Å². The van der Waals surface area contributed by atoms with Crippen molar-refractivity contribution in [2.75, 3.05) is 0 Å². The summed E-state index contributed by atoms with van der Waals surface area (Å²) >= 11 is 1.71. The third-order valence-electron chi connectivity index (χ3n) is 5.47. The molecule has 0 unspecified atom stereocenters. The molecule has 1 aliphatic rings. The fourth-order valence-corrected chi connectivity index (χ4v) is 4.80. The molecule has 5 nitrogen and oxygen atoms in total. The summed E-state index contributed by atoms with van der Waals surface area (Å²) in [7, 11) is 0. The molecular formula is C26H22N2O3S. The number of aryl methyl sites for hydroxylation is 1. The number of nitrogens with zero attached hydrogens (tertiary/aromatic N) is 1. The average Bonchev–Trinajstić information content (AvgIpc) is 2.79. The lowest BCUT2D eigenvalue weighted by molar-refractivity contribution is -0.117. The first-order valence-corrected chi connectivity index (χ1v) is 11.3. The van der Waals surface area contributed by atoms with Gasteiger partial charge >= 0.3 is 0 Å². The lowest BCUT2D eigenvalue weighted by Gasteiger charge is -2.25. The number of thioether (sulfide) groups is 1. The minimum absolute atomic E-state index is 0.0827. The Balaban J connectivity index is 1.65. The Kier molecular flexibility index (Phi) is 6.20. The van der Waals surface area contributed by atoms with E-state index >= 15 is 0 Å². The number of phenols is 2. The van der Waals surface area contributed by atoms with Gasteiger partial charge in [-0.2, -0.15) is 5.26 Å². The van der Waals surface area contributed by atoms with Crippen molar-refractivity contribution >= 4 is 23.7 Å². The number of fused-ring (bicyclic) bond motifs is 1. The molecular weight excluding hydrogens is 420 g/mol. The molecule has 1 heterocycles. The molecule has 3 N–H and O–H groups in total. The SMILES string of the molecule is CCc1ccc(-c2cc(C=C(C#N)C(=O)NCc3ccccc3)cc(O)c2O)c2c1CS2. The molecule has 1 aliphatic heterocycles. The molecule has 0 atom stereocenters. The lowest BCUT2D eigenvalue weighted by Crippen LogP contribution is -2.23. The molecule has 0 saturated carbocycles. The molecule has 0 saturated heterocycles. The third kappa shape index (κ3) is 4.20. The van der Waals surface area contributed by atoms with Crippen LogP contribution in [0.2, 0.25) is 0 Å². The van der Waals surface area contributed by atoms with E-state index in [1.54, 1.807) is 17.8 Å². The van der Waals surface area contributed by atoms with Gasteiger partial charge in [0, 0.05) is 22.8 Å². The van der Waals surface area contributed by atoms with Crippen LogP contribution in [-0.4, -0.2) is 16.1 Å². The topological polar surface area (TPSA) is 93.4 Å². The number of carbonyl (C=O) groups excluding carboxylic acids is 1. The van der Waals surface area contributed by atoms with Crippen LogP contribution in [0.15, 0.2) is 65.1 Å². The molecule has 160 valence electrons. The van der Waals surface area contributed by atoms with Crippen molar-refractivity contribution in [1.82, 2.24) is 5.32 Å². The van der Waals surface area contributed by atoms with E-state index in [1.165, 1.54) is 23.3 Å². The van der Waals surface area contributed by atoms with E-state index in [9.17, 15) is 20.3 Å². The van der Waals surface area contributed by atoms with Crippen molar-refractivity contribution in [2.45, 2.75) is 30.5 Å². The van der Waals surface area contributed by atoms with Gasteiger partial charge in [-0.1, -0.05) is 49.4 Å². The predicted octanol–water partition coefficient (Wildman–Crippen LogP) is 5.16. The van der Waals surface area contributed by atoms with Crippen molar-refractivity contribution in [3.05, 3.63) is 82.4 Å². The molecule has 4 rings (SSSR count). The number of hydrogen-bond acceptors (Lipinski definition) is 5. The third-order valence-corrected chi connectivity index (χ3v) is 6.66. The van der Waals surface area contributed by atoms with E-state index in [2.05, 4.69) is 12.2 Å². The number of aromatic hydroxyl groups is 2. The fourth-order valence-electron chi connectivity index (χ4n) is 3.72. The van der Waals surface area contributed by atoms with Crippen molar-refractivity contribution < 1.29 is 15.0 Å². The van der Waals surface area contributed by atoms with E-state index in [-0.39, 0.29) is 17.1 Å². The molecule has 0 aliphatic carbocycles. The summed E-state index contributed by atoms with van der Waals surface area (Å²) < 4.78 is 0. The van der Waals surface area contributed by atoms with Crippen LogP contribution in [0.4, 0.5) is 0 Å². The number of carbonyl (C=O) groups is 1. The van der Waals surface area contributed by atoms with E-state index in [4.69, 9.17) is 0 Å². The molecule has 0 spiro atoms. The number of benzene rings is 3. The molecule has 6 heteroatoms. The Labute approximate surface area is 191 Å². The first-order valence-electron chi connectivity index (χ1n) is 10.3. The maximum atomic E-state index is 12.5. The first kappa shape index (κ1) is 21.5. The van der Waals surface area contributed by atoms with Crippen LogP contribution in [0.3, 0.4) is 0 Å². The molecule has 3 aromatic carbocycles. The summed E-state index contributed by atoms with van der Waals surface area (Å²) in [6, 6.07) is 18.4. The van der Waals surface area contributed by atoms with Crippen LogP contribution in [0.25, 0.3) is 17.2 Å². The van der Waals surface area contributed by atoms with Crippen LogP contribution in [-0.2, 0) is 23.5 Å². The monoisotopic (exact) mass is 442 g/mol. The summed E-state index contributed by atoms with van der Waals surface area (Å²) in [6.45, 7) is 2.41. The zero-order chi connectivity index (χ0) is 22.7. The molecule has 32 heavy (non-hydrogen) atoms. The highest BCUT2D eigenvalue weighted by Crippen LogP contribution is 2.49. The van der Waals surface area contributed by atoms with Crippen LogP contribution in [0.1, 0.15) is 29.2 Å². The van der Waals surface area contributed by atoms with E-state index in [0.717, 1.165) is 28.2 Å². The van der Waals surface area contributed by atoms with Crippen molar-refractivity contribution in [2.24, 2.45) is 0 Å². The van der Waals surface area contributed by atoms with Crippen molar-refractivity contribution in [1.29, 1.82) is 5.26 Å². The van der Waals surface area contributed by atoms with E-state index in [1.807, 2.05) is 48.5 Å². The van der Waals surface area contributed by atoms with Gasteiger partial charge < -0.3 is 15.5 Å². The highest BCUT2D eigenvalue weighted by Gasteiger charge is 2.24. The Morgan fingerprint density at radius 1 is 1.16 bits per heavy atom. The normalized spacial score (nSPS) is 12.4. The standard InChI is InChI=1S/C26H22N2O3S/c1-2-18-8-9-20(25-22(18)15-32-25)21-11-17(12-23(29)24(21)30)10-19(13-27)26(31)28-14-16-6-4-3-5-7-16/h3-12,29-30H,2,14-15H2,1H3,(H,28,31). The molecule has 1 amide bonds. The number of phenolic OH excluding ortho intramolecular Hbond substituents is 2. The van der Waals surface area contributed by atoms with Crippen molar-refractivity contribution in [3.63, 3.8) is 0 Å². The molecule has 0 fully saturated rings. The smallest absolute Gasteiger partial charge is 0.262 e. The van der Waals surface area contributed by atoms with Gasteiger partial charge in [0.25, 0.3) is 5.91 Å². The van der Waals surface area contributed by atoms with Gasteiger partial charge in [-0.3, -0.25) is 4.79 Å². The lowest BCUT2D eigenvalue weighted by atomic mass is 9.95. The summed E-state index contributed by atoms with van der Waals surface area (Å²) in [5, 5.41) is 33.1. The number of rotatable bonds is 6. The molecule has 3 aromatic rings. The van der Waals surface area contributed by atoms with Gasteiger partial charge in [0.1, 0.15) is 11.6 Å². The number of amides is 1. The minimum atomic E-state index is -0.502. The van der Waals surface area contributed by atoms with Crippen LogP contribution < -0.4 is 5.32 Å². The second-order valence-electron chi connectivity index (χ2n) is 7.50. The van der Waals surface area contributed by atoms with Crippen molar-refractivity contribution in [3.8, 4) is 28.7 Å². The van der Waals surface area contributed by atoms with Crippen LogP contribution in [0, 0.1) is 11.3 Å². The second-order valence-corrected chi connectivity index (χ2v) is 8.48. The maximum Gasteiger partial charge on any atom is 0.262 e. The zero-order valence-corrected chi connectivity index (χ0v) is 18.4. The highest BCUT2D eigenvalue weighted by molar-refractivity contribution is 8.00. The Bertz CT molecular complexity index is 1260. The first-order chi connectivity index (χ1) is 15.5. The summed E-state index contributed by atoms with van der Waals surface area (Å²) in [4.78, 5) is 13.6. The van der Waals surface area contributed by atoms with Gasteiger partial charge in [0.2, 0.25) is 0 Å². The number of hydrogen-bond donors (Lipinski definition) is 3. The Hall–Kier alpha value is -3.69. The highest BCUT2D eigenvalue weighted by atomic mass is 32.2. The molecule has 0 bridgehead atoms. The van der Waals surface area contributed by atoms with Gasteiger partial charge in [0.15, 0.2) is 11.5 Å². The second kappa shape index (κ2) is 9.21. The summed E-state index contributed by atoms with van der Waals surface area (Å²) in [5.74, 6) is -0.0855. The quantitative estimate of drug-likeness (QED) is 0.279. The Morgan fingerprint density at radius 2 is 1.94 bits per heavy atom. The van der Waals surface area contributed by atoms with Crippen LogP contribution >= 0.6 is 11.8 Å².